The van der Waals surface area contributed by atoms with Crippen molar-refractivity contribution in [1.29, 1.82) is 0 Å². The number of hydrogen-bond donors (Lipinski definition) is 2. The molecule has 2 aromatic heterocycles. The Labute approximate surface area is 165 Å². The minimum absolute atomic E-state index is 0.142. The van der Waals surface area contributed by atoms with Crippen LogP contribution in [0.4, 0.5) is 0 Å². The van der Waals surface area contributed by atoms with Crippen LogP contribution in [-0.4, -0.2) is 23.6 Å². The highest BCUT2D eigenvalue weighted by Crippen LogP contribution is 2.33. The molecule has 1 atom stereocenters. The zero-order valence-corrected chi connectivity index (χ0v) is 16.5. The summed E-state index contributed by atoms with van der Waals surface area (Å²) in [5.74, 6) is 0.296. The fourth-order valence-corrected chi connectivity index (χ4v) is 4.09. The number of rotatable bonds is 6. The van der Waals surface area contributed by atoms with Gasteiger partial charge >= 0.3 is 0 Å². The number of benzene rings is 2. The third-order valence-corrected chi connectivity index (χ3v) is 5.91. The lowest BCUT2D eigenvalue weighted by molar-refractivity contribution is 0.433. The number of thiazole rings is 1. The van der Waals surface area contributed by atoms with Gasteiger partial charge in [-0.25, -0.2) is 10.1 Å². The fourth-order valence-electron chi connectivity index (χ4n) is 2.72. The minimum atomic E-state index is -3.82. The van der Waals surface area contributed by atoms with Gasteiger partial charge in [-0.15, -0.1) is 21.5 Å². The summed E-state index contributed by atoms with van der Waals surface area (Å²) in [5, 5.41) is 13.6. The lowest BCUT2D eigenvalue weighted by atomic mass is 10.1. The summed E-state index contributed by atoms with van der Waals surface area (Å²) in [5.41, 5.74) is 3.18. The fraction of sp³-hybridized carbons (Fsp3) is 0.167. The Balaban J connectivity index is 1.58. The van der Waals surface area contributed by atoms with Crippen LogP contribution in [0.2, 0.25) is 0 Å². The van der Waals surface area contributed by atoms with Crippen molar-refractivity contribution in [2.24, 2.45) is 5.14 Å². The summed E-state index contributed by atoms with van der Waals surface area (Å²) in [7, 11) is -3.82. The highest BCUT2D eigenvalue weighted by atomic mass is 32.2. The smallest absolute Gasteiger partial charge is 0.274 e. The molecule has 28 heavy (non-hydrogen) atoms. The van der Waals surface area contributed by atoms with Crippen molar-refractivity contribution in [1.82, 2.24) is 19.9 Å². The first kappa shape index (κ1) is 18.7. The highest BCUT2D eigenvalue weighted by molar-refractivity contribution is 7.87. The average molecular weight is 416 g/mol. The second-order valence-corrected chi connectivity index (χ2v) is 8.66. The molecule has 0 spiro atoms. The van der Waals surface area contributed by atoms with Crippen LogP contribution in [0.5, 0.6) is 0 Å². The third kappa shape index (κ3) is 4.09. The maximum atomic E-state index is 11.0. The Hall–Kier alpha value is -2.66. The van der Waals surface area contributed by atoms with Crippen LogP contribution in [-0.2, 0) is 16.8 Å². The van der Waals surface area contributed by atoms with E-state index in [9.17, 15) is 8.42 Å². The number of aromatic nitrogens is 3. The zero-order valence-electron chi connectivity index (χ0n) is 14.9. The quantitative estimate of drug-likeness (QED) is 0.499. The molecule has 0 radical (unpaired) electrons. The van der Waals surface area contributed by atoms with Gasteiger partial charge < -0.3 is 4.42 Å². The molecule has 8 nitrogen and oxygen atoms in total. The van der Waals surface area contributed by atoms with Crippen LogP contribution >= 0.6 is 11.3 Å². The molecule has 2 heterocycles. The molecule has 0 saturated heterocycles. The number of hydrogen-bond acceptors (Lipinski definition) is 7. The minimum Gasteiger partial charge on any atom is -0.423 e. The molecule has 0 aliphatic heterocycles. The van der Waals surface area contributed by atoms with E-state index in [-0.39, 0.29) is 18.4 Å². The summed E-state index contributed by atoms with van der Waals surface area (Å²) < 4.78 is 30.7. The Morgan fingerprint density at radius 1 is 1.14 bits per heavy atom. The molecular formula is C18H17N5O3S2. The first-order valence-electron chi connectivity index (χ1n) is 8.44. The van der Waals surface area contributed by atoms with Crippen LogP contribution < -0.4 is 9.86 Å². The number of nitrogens with zero attached hydrogens (tertiary/aromatic N) is 3. The molecule has 0 saturated carbocycles. The van der Waals surface area contributed by atoms with Gasteiger partial charge in [0.15, 0.2) is 0 Å². The van der Waals surface area contributed by atoms with Crippen molar-refractivity contribution < 1.29 is 12.8 Å². The molecule has 2 aromatic carbocycles. The molecule has 0 aliphatic carbocycles. The van der Waals surface area contributed by atoms with E-state index in [0.29, 0.717) is 5.89 Å². The van der Waals surface area contributed by atoms with Crippen molar-refractivity contribution in [3.63, 3.8) is 0 Å². The summed E-state index contributed by atoms with van der Waals surface area (Å²) in [6.45, 7) is 1.76. The third-order valence-electron chi connectivity index (χ3n) is 4.16. The summed E-state index contributed by atoms with van der Waals surface area (Å²) in [4.78, 5) is 4.68. The predicted octanol–water partition coefficient (Wildman–Crippen LogP) is 2.79. The Morgan fingerprint density at radius 2 is 1.93 bits per heavy atom. The van der Waals surface area contributed by atoms with E-state index >= 15 is 0 Å². The topological polar surface area (TPSA) is 124 Å². The molecule has 4 rings (SSSR count). The second kappa shape index (κ2) is 7.40. The first-order chi connectivity index (χ1) is 13.4. The van der Waals surface area contributed by atoms with Crippen molar-refractivity contribution >= 4 is 31.8 Å². The molecule has 3 N–H and O–H groups in total. The van der Waals surface area contributed by atoms with E-state index in [2.05, 4.69) is 44.2 Å². The van der Waals surface area contributed by atoms with Gasteiger partial charge in [0.25, 0.3) is 10.2 Å². The number of nitrogens with two attached hydrogens (primary N) is 1. The first-order valence-corrected chi connectivity index (χ1v) is 10.8. The van der Waals surface area contributed by atoms with Crippen molar-refractivity contribution in [2.75, 3.05) is 0 Å². The van der Waals surface area contributed by atoms with Gasteiger partial charge in [0.1, 0.15) is 5.01 Å². The normalized spacial score (nSPS) is 13.1. The van der Waals surface area contributed by atoms with Gasteiger partial charge in [-0.3, -0.25) is 0 Å². The molecule has 0 bridgehead atoms. The average Bonchev–Trinajstić information content (AvgIpc) is 3.32. The van der Waals surface area contributed by atoms with Crippen LogP contribution in [0.1, 0.15) is 29.6 Å². The van der Waals surface area contributed by atoms with Crippen molar-refractivity contribution in [2.45, 2.75) is 19.4 Å². The largest absolute Gasteiger partial charge is 0.423 e. The standard InChI is InChI=1S/C18H17N5O3S2/c1-11(17-23-22-16(26-17)10-20-28(19,24)25)18-21-14-8-7-13(9-15(14)27-18)12-5-3-2-4-6-12/h2-9,11,20H,10H2,1H3,(H2,19,24,25). The molecule has 4 aromatic rings. The second-order valence-electron chi connectivity index (χ2n) is 6.22. The van der Waals surface area contributed by atoms with Crippen molar-refractivity contribution in [3.8, 4) is 11.1 Å². The van der Waals surface area contributed by atoms with Crippen LogP contribution in [0.25, 0.3) is 21.3 Å². The lowest BCUT2D eigenvalue weighted by Crippen LogP contribution is -2.30. The molecule has 1 unspecified atom stereocenters. The predicted molar refractivity (Wildman–Crippen MR) is 107 cm³/mol. The van der Waals surface area contributed by atoms with E-state index < -0.39 is 10.2 Å². The van der Waals surface area contributed by atoms with Gasteiger partial charge in [0.05, 0.1) is 22.7 Å². The van der Waals surface area contributed by atoms with E-state index in [1.54, 1.807) is 11.3 Å². The van der Waals surface area contributed by atoms with E-state index in [1.165, 1.54) is 0 Å². The molecule has 144 valence electrons. The van der Waals surface area contributed by atoms with Gasteiger partial charge in [-0.05, 0) is 30.2 Å². The van der Waals surface area contributed by atoms with Crippen LogP contribution in [0.15, 0.2) is 52.9 Å². The van der Waals surface area contributed by atoms with Crippen LogP contribution in [0, 0.1) is 0 Å². The van der Waals surface area contributed by atoms with Crippen LogP contribution in [0.3, 0.4) is 0 Å². The van der Waals surface area contributed by atoms with Gasteiger partial charge in [0, 0.05) is 0 Å². The number of fused-ring (bicyclic) bond motifs is 1. The maximum Gasteiger partial charge on any atom is 0.274 e. The Morgan fingerprint density at radius 3 is 2.68 bits per heavy atom. The van der Waals surface area contributed by atoms with Crippen molar-refractivity contribution in [3.05, 3.63) is 65.3 Å². The summed E-state index contributed by atoms with van der Waals surface area (Å²) in [6.07, 6.45) is 0. The molecule has 0 amide bonds. The molecular weight excluding hydrogens is 398 g/mol. The number of nitrogens with one attached hydrogen (secondary N) is 1. The Bertz CT molecular complexity index is 1220. The zero-order chi connectivity index (χ0) is 19.7. The maximum absolute atomic E-state index is 11.0. The molecule has 10 heteroatoms. The van der Waals surface area contributed by atoms with E-state index in [1.807, 2.05) is 31.2 Å². The van der Waals surface area contributed by atoms with Gasteiger partial charge in [-0.1, -0.05) is 36.4 Å². The molecule has 0 fully saturated rings. The lowest BCUT2D eigenvalue weighted by Gasteiger charge is -2.01. The highest BCUT2D eigenvalue weighted by Gasteiger charge is 2.20. The Kier molecular flexibility index (Phi) is 4.94. The van der Waals surface area contributed by atoms with E-state index in [4.69, 9.17) is 9.56 Å². The monoisotopic (exact) mass is 415 g/mol. The SMILES string of the molecule is CC(c1nnc(CNS(N)(=O)=O)o1)c1nc2ccc(-c3ccccc3)cc2s1. The van der Waals surface area contributed by atoms with Gasteiger partial charge in [0.2, 0.25) is 11.8 Å². The molecule has 0 aliphatic rings. The van der Waals surface area contributed by atoms with Gasteiger partial charge in [-0.2, -0.15) is 13.1 Å². The summed E-state index contributed by atoms with van der Waals surface area (Å²) >= 11 is 1.57. The summed E-state index contributed by atoms with van der Waals surface area (Å²) in [6, 6.07) is 16.3. The van der Waals surface area contributed by atoms with E-state index in [0.717, 1.165) is 26.4 Å².